The second-order valence-electron chi connectivity index (χ2n) is 9.36. The molecule has 1 saturated heterocycles. The van der Waals surface area contributed by atoms with E-state index >= 15 is 0 Å². The van der Waals surface area contributed by atoms with Gasteiger partial charge in [0, 0.05) is 19.5 Å². The Morgan fingerprint density at radius 1 is 1.20 bits per heavy atom. The minimum absolute atomic E-state index is 0.0271. The minimum Gasteiger partial charge on any atom is -0.449 e. The predicted octanol–water partition coefficient (Wildman–Crippen LogP) is 1.56. The first kappa shape index (κ1) is 26.6. The lowest BCUT2D eigenvalue weighted by Gasteiger charge is -2.31. The van der Waals surface area contributed by atoms with E-state index in [1.165, 1.54) is 0 Å². The summed E-state index contributed by atoms with van der Waals surface area (Å²) in [5.41, 5.74) is 6.26. The molecule has 0 aromatic heterocycles. The van der Waals surface area contributed by atoms with Crippen molar-refractivity contribution in [3.8, 4) is 0 Å². The van der Waals surface area contributed by atoms with E-state index in [1.807, 2.05) is 56.3 Å². The summed E-state index contributed by atoms with van der Waals surface area (Å²) in [5.74, 6) is -0.983. The number of aliphatic hydroxyl groups is 1. The first-order valence-electron chi connectivity index (χ1n) is 12.2. The van der Waals surface area contributed by atoms with Crippen LogP contribution in [0.2, 0.25) is 0 Å². The van der Waals surface area contributed by atoms with Crippen molar-refractivity contribution in [2.45, 2.75) is 51.3 Å². The highest BCUT2D eigenvalue weighted by molar-refractivity contribution is 6.00. The third-order valence-electron chi connectivity index (χ3n) is 5.97. The molecule has 1 fully saturated rings. The van der Waals surface area contributed by atoms with Crippen molar-refractivity contribution in [1.82, 2.24) is 15.5 Å². The molecule has 1 aliphatic rings. The zero-order valence-electron chi connectivity index (χ0n) is 20.4. The average Bonchev–Trinajstić information content (AvgIpc) is 3.40. The van der Waals surface area contributed by atoms with Crippen molar-refractivity contribution in [1.29, 1.82) is 0 Å². The van der Waals surface area contributed by atoms with E-state index in [1.54, 1.807) is 0 Å². The van der Waals surface area contributed by atoms with Gasteiger partial charge < -0.3 is 26.2 Å². The Hall–Kier alpha value is -3.01. The van der Waals surface area contributed by atoms with Crippen LogP contribution >= 0.6 is 0 Å². The lowest BCUT2D eigenvalue weighted by Crippen LogP contribution is -2.58. The molecular formula is C26H36N4O5. The van der Waals surface area contributed by atoms with Crippen LogP contribution < -0.4 is 16.4 Å². The Morgan fingerprint density at radius 2 is 1.94 bits per heavy atom. The van der Waals surface area contributed by atoms with Gasteiger partial charge in [0.1, 0.15) is 6.04 Å². The van der Waals surface area contributed by atoms with Gasteiger partial charge in [0.05, 0.1) is 18.8 Å². The molecule has 3 amide bonds. The van der Waals surface area contributed by atoms with Gasteiger partial charge in [-0.25, -0.2) is 9.69 Å². The van der Waals surface area contributed by atoms with Crippen LogP contribution in [-0.2, 0) is 20.7 Å². The van der Waals surface area contributed by atoms with E-state index in [0.717, 1.165) is 27.7 Å². The summed E-state index contributed by atoms with van der Waals surface area (Å²) >= 11 is 0. The smallest absolute Gasteiger partial charge is 0.417 e. The number of nitrogens with two attached hydrogens (primary N) is 1. The number of hydrogen-bond donors (Lipinski definition) is 4. The lowest BCUT2D eigenvalue weighted by molar-refractivity contribution is -0.140. The summed E-state index contributed by atoms with van der Waals surface area (Å²) in [6.45, 7) is 4.46. The molecule has 2 aromatic carbocycles. The molecule has 1 heterocycles. The fourth-order valence-electron chi connectivity index (χ4n) is 4.05. The number of hydrogen-bond acceptors (Lipinski definition) is 7. The van der Waals surface area contributed by atoms with Crippen LogP contribution in [-0.4, -0.2) is 72.3 Å². The first-order valence-corrected chi connectivity index (χ1v) is 12.2. The molecule has 9 nitrogen and oxygen atoms in total. The van der Waals surface area contributed by atoms with E-state index in [-0.39, 0.29) is 32.0 Å². The number of ether oxygens (including phenoxy) is 1. The van der Waals surface area contributed by atoms with Gasteiger partial charge in [-0.05, 0) is 41.6 Å². The first-order chi connectivity index (χ1) is 16.8. The van der Waals surface area contributed by atoms with E-state index in [0.29, 0.717) is 13.0 Å². The highest BCUT2D eigenvalue weighted by Crippen LogP contribution is 2.20. The van der Waals surface area contributed by atoms with Gasteiger partial charge in [-0.1, -0.05) is 56.3 Å². The number of fused-ring (bicyclic) bond motifs is 1. The number of aliphatic hydroxyl groups excluding tert-OH is 1. The number of nitrogens with zero attached hydrogens (tertiary/aromatic N) is 1. The molecule has 0 spiro atoms. The van der Waals surface area contributed by atoms with E-state index < -0.39 is 36.1 Å². The average molecular weight is 485 g/mol. The van der Waals surface area contributed by atoms with Crippen LogP contribution in [0.5, 0.6) is 0 Å². The quantitative estimate of drug-likeness (QED) is 0.402. The van der Waals surface area contributed by atoms with Crippen LogP contribution in [0.25, 0.3) is 10.8 Å². The van der Waals surface area contributed by atoms with Crippen LogP contribution in [0, 0.1) is 5.92 Å². The summed E-state index contributed by atoms with van der Waals surface area (Å²) in [6, 6.07) is 11.9. The molecule has 3 rings (SSSR count). The molecule has 2 aromatic rings. The maximum Gasteiger partial charge on any atom is 0.417 e. The van der Waals surface area contributed by atoms with Crippen molar-refractivity contribution in [2.24, 2.45) is 11.7 Å². The highest BCUT2D eigenvalue weighted by Gasteiger charge is 2.40. The zero-order chi connectivity index (χ0) is 25.4. The fraction of sp³-hybridized carbons (Fsp3) is 0.500. The second kappa shape index (κ2) is 12.6. The SMILES string of the molecule is CC(C)COC(=O)N(C(=O)[C@@H]1CCCN1)[C@H](Cc1ccc2ccccc2c1)C(=O)NCC(O)CN. The van der Waals surface area contributed by atoms with E-state index in [2.05, 4.69) is 10.6 Å². The molecule has 3 atom stereocenters. The number of carbonyl (C=O) groups excluding carboxylic acids is 3. The number of carbonyl (C=O) groups is 3. The van der Waals surface area contributed by atoms with Crippen molar-refractivity contribution < 1.29 is 24.2 Å². The zero-order valence-corrected chi connectivity index (χ0v) is 20.4. The van der Waals surface area contributed by atoms with Gasteiger partial charge in [-0.3, -0.25) is 9.59 Å². The van der Waals surface area contributed by atoms with Gasteiger partial charge in [0.2, 0.25) is 11.8 Å². The van der Waals surface area contributed by atoms with Crippen LogP contribution in [0.15, 0.2) is 42.5 Å². The maximum atomic E-state index is 13.5. The van der Waals surface area contributed by atoms with Gasteiger partial charge in [-0.15, -0.1) is 0 Å². The number of benzene rings is 2. The lowest BCUT2D eigenvalue weighted by atomic mass is 9.99. The Bertz CT molecular complexity index is 1020. The van der Waals surface area contributed by atoms with Crippen molar-refractivity contribution >= 4 is 28.7 Å². The summed E-state index contributed by atoms with van der Waals surface area (Å²) in [4.78, 5) is 41.0. The molecule has 35 heavy (non-hydrogen) atoms. The van der Waals surface area contributed by atoms with Crippen molar-refractivity contribution in [2.75, 3.05) is 26.2 Å². The molecule has 1 aliphatic heterocycles. The molecule has 190 valence electrons. The van der Waals surface area contributed by atoms with Crippen molar-refractivity contribution in [3.05, 3.63) is 48.0 Å². The number of amides is 3. The largest absolute Gasteiger partial charge is 0.449 e. The van der Waals surface area contributed by atoms with Crippen LogP contribution in [0.1, 0.15) is 32.3 Å². The van der Waals surface area contributed by atoms with Gasteiger partial charge in [-0.2, -0.15) is 0 Å². The fourth-order valence-corrected chi connectivity index (χ4v) is 4.05. The Morgan fingerprint density at radius 3 is 2.60 bits per heavy atom. The summed E-state index contributed by atoms with van der Waals surface area (Å²) in [6.07, 6.45) is -0.310. The van der Waals surface area contributed by atoms with Gasteiger partial charge in [0.15, 0.2) is 0 Å². The van der Waals surface area contributed by atoms with Crippen LogP contribution in [0.3, 0.4) is 0 Å². The number of imide groups is 1. The third kappa shape index (κ3) is 7.24. The molecule has 0 aliphatic carbocycles. The Balaban J connectivity index is 1.95. The second-order valence-corrected chi connectivity index (χ2v) is 9.36. The number of rotatable bonds is 10. The molecule has 0 radical (unpaired) electrons. The number of nitrogens with one attached hydrogen (secondary N) is 2. The summed E-state index contributed by atoms with van der Waals surface area (Å²) in [5, 5.41) is 17.6. The normalized spacial score (nSPS) is 17.2. The maximum absolute atomic E-state index is 13.5. The van der Waals surface area contributed by atoms with E-state index in [4.69, 9.17) is 10.5 Å². The monoisotopic (exact) mass is 484 g/mol. The topological polar surface area (TPSA) is 134 Å². The van der Waals surface area contributed by atoms with Gasteiger partial charge in [0.25, 0.3) is 0 Å². The molecule has 0 bridgehead atoms. The summed E-state index contributed by atoms with van der Waals surface area (Å²) in [7, 11) is 0. The predicted molar refractivity (Wildman–Crippen MR) is 134 cm³/mol. The minimum atomic E-state index is -1.16. The molecular weight excluding hydrogens is 448 g/mol. The third-order valence-corrected chi connectivity index (χ3v) is 5.97. The summed E-state index contributed by atoms with van der Waals surface area (Å²) < 4.78 is 5.42. The van der Waals surface area contributed by atoms with E-state index in [9.17, 15) is 19.5 Å². The Labute approximate surface area is 206 Å². The molecule has 1 unspecified atom stereocenters. The van der Waals surface area contributed by atoms with Crippen molar-refractivity contribution in [3.63, 3.8) is 0 Å². The molecule has 5 N–H and O–H groups in total. The molecule has 9 heteroatoms. The van der Waals surface area contributed by atoms with Gasteiger partial charge >= 0.3 is 6.09 Å². The Kier molecular flexibility index (Phi) is 9.59. The molecule has 0 saturated carbocycles. The van der Waals surface area contributed by atoms with Crippen LogP contribution in [0.4, 0.5) is 4.79 Å². The standard InChI is InChI=1S/C26H36N4O5/c1-17(2)16-35-26(34)30(25(33)22-8-5-11-28-22)23(24(32)29-15-21(31)14-27)13-18-9-10-19-6-3-4-7-20(19)12-18/h3-4,6-7,9-10,12,17,21-23,28,31H,5,8,11,13-16,27H2,1-2H3,(H,29,32)/t21?,22-,23+/m0/s1. The highest BCUT2D eigenvalue weighted by atomic mass is 16.6.